The third-order valence-electron chi connectivity index (χ3n) is 3.73. The molecule has 0 heterocycles. The molecule has 5 N–H and O–H groups in total. The molecule has 2 aromatic carbocycles. The molecule has 0 bridgehead atoms. The topological polar surface area (TPSA) is 113 Å². The Kier molecular flexibility index (Phi) is 5.73. The summed E-state index contributed by atoms with van der Waals surface area (Å²) >= 11 is 0. The van der Waals surface area contributed by atoms with Gasteiger partial charge >= 0.3 is 0 Å². The summed E-state index contributed by atoms with van der Waals surface area (Å²) in [7, 11) is 2.93. The van der Waals surface area contributed by atoms with Crippen molar-refractivity contribution in [2.45, 2.75) is 5.92 Å². The fourth-order valence-electron chi connectivity index (χ4n) is 2.34. The highest BCUT2D eigenvalue weighted by molar-refractivity contribution is 6.07. The highest BCUT2D eigenvalue weighted by Crippen LogP contribution is 2.20. The van der Waals surface area contributed by atoms with E-state index in [1.165, 1.54) is 14.1 Å². The molecular weight excluding hydrogens is 320 g/mol. The summed E-state index contributed by atoms with van der Waals surface area (Å²) in [5.41, 5.74) is 7.67. The van der Waals surface area contributed by atoms with Crippen LogP contribution in [-0.2, 0) is 9.59 Å². The Balaban J connectivity index is 2.20. The van der Waals surface area contributed by atoms with Crippen LogP contribution in [-0.4, -0.2) is 31.8 Å². The first-order valence-electron chi connectivity index (χ1n) is 7.67. The van der Waals surface area contributed by atoms with E-state index in [1.54, 1.807) is 48.5 Å². The Hall–Kier alpha value is -3.35. The van der Waals surface area contributed by atoms with Gasteiger partial charge in [0, 0.05) is 19.7 Å². The minimum Gasteiger partial charge on any atom is -0.397 e. The van der Waals surface area contributed by atoms with Gasteiger partial charge < -0.3 is 21.7 Å². The number of likely N-dealkylation sites (N-methyl/N-ethyl adjacent to an activating group) is 2. The zero-order valence-corrected chi connectivity index (χ0v) is 14.0. The summed E-state index contributed by atoms with van der Waals surface area (Å²) in [5, 5.41) is 7.64. The molecule has 3 amide bonds. The number of hydrogen-bond acceptors (Lipinski definition) is 4. The Morgan fingerprint density at radius 3 is 1.96 bits per heavy atom. The summed E-state index contributed by atoms with van der Waals surface area (Å²) in [6, 6.07) is 13.2. The second kappa shape index (κ2) is 7.96. The van der Waals surface area contributed by atoms with Gasteiger partial charge in [-0.05, 0) is 29.8 Å². The van der Waals surface area contributed by atoms with E-state index >= 15 is 0 Å². The predicted molar refractivity (Wildman–Crippen MR) is 96.1 cm³/mol. The number of nitrogens with two attached hydrogens (primary N) is 1. The summed E-state index contributed by atoms with van der Waals surface area (Å²) in [6.45, 7) is 0. The number of rotatable bonds is 5. The molecule has 0 fully saturated rings. The zero-order chi connectivity index (χ0) is 18.4. The molecule has 130 valence electrons. The van der Waals surface area contributed by atoms with Crippen LogP contribution in [0, 0.1) is 0 Å². The number of nitrogen functional groups attached to an aromatic ring is 1. The lowest BCUT2D eigenvalue weighted by molar-refractivity contribution is -0.131. The maximum Gasteiger partial charge on any atom is 0.255 e. The molecular formula is C18H20N4O3. The van der Waals surface area contributed by atoms with Gasteiger partial charge in [0.1, 0.15) is 5.92 Å². The maximum absolute atomic E-state index is 12.3. The average molecular weight is 340 g/mol. The normalized spacial score (nSPS) is 10.2. The van der Waals surface area contributed by atoms with E-state index in [4.69, 9.17) is 5.73 Å². The van der Waals surface area contributed by atoms with Crippen molar-refractivity contribution in [1.29, 1.82) is 0 Å². The van der Waals surface area contributed by atoms with E-state index in [1.807, 2.05) is 0 Å². The molecule has 0 aliphatic rings. The molecule has 0 saturated heterocycles. The number of amides is 3. The van der Waals surface area contributed by atoms with Gasteiger partial charge in [-0.3, -0.25) is 14.4 Å². The van der Waals surface area contributed by atoms with Crippen LogP contribution < -0.4 is 21.7 Å². The number of para-hydroxylation sites is 2. The van der Waals surface area contributed by atoms with Crippen molar-refractivity contribution in [1.82, 2.24) is 10.6 Å². The minimum absolute atomic E-state index is 0.333. The van der Waals surface area contributed by atoms with E-state index in [2.05, 4.69) is 16.0 Å². The number of hydrogen-bond donors (Lipinski definition) is 4. The summed E-state index contributed by atoms with van der Waals surface area (Å²) in [5.74, 6) is -2.15. The van der Waals surface area contributed by atoms with Gasteiger partial charge in [-0.1, -0.05) is 24.3 Å². The van der Waals surface area contributed by atoms with Gasteiger partial charge in [0.15, 0.2) is 0 Å². The Bertz CT molecular complexity index is 771. The molecule has 0 spiro atoms. The summed E-state index contributed by atoms with van der Waals surface area (Å²) in [6.07, 6.45) is 0. The van der Waals surface area contributed by atoms with Crippen molar-refractivity contribution in [2.24, 2.45) is 0 Å². The molecule has 0 aromatic heterocycles. The van der Waals surface area contributed by atoms with Crippen molar-refractivity contribution in [2.75, 3.05) is 25.1 Å². The van der Waals surface area contributed by atoms with Gasteiger partial charge in [0.05, 0.1) is 11.4 Å². The minimum atomic E-state index is -0.975. The van der Waals surface area contributed by atoms with Crippen molar-refractivity contribution >= 4 is 29.1 Å². The SMILES string of the molecule is CNC(=O)C(C(=O)NC)c1ccc(C(=O)Nc2ccccc2N)cc1. The number of carbonyl (C=O) groups is 3. The molecule has 0 aliphatic carbocycles. The Labute approximate surface area is 145 Å². The number of anilines is 2. The molecule has 0 saturated carbocycles. The van der Waals surface area contributed by atoms with Crippen LogP contribution in [0.3, 0.4) is 0 Å². The molecule has 2 rings (SSSR count). The maximum atomic E-state index is 12.3. The second-order valence-electron chi connectivity index (χ2n) is 5.32. The van der Waals surface area contributed by atoms with Crippen molar-refractivity contribution < 1.29 is 14.4 Å². The fourth-order valence-corrected chi connectivity index (χ4v) is 2.34. The van der Waals surface area contributed by atoms with E-state index in [0.29, 0.717) is 22.5 Å². The fraction of sp³-hybridized carbons (Fsp3) is 0.167. The van der Waals surface area contributed by atoms with Crippen LogP contribution in [0.5, 0.6) is 0 Å². The second-order valence-corrected chi connectivity index (χ2v) is 5.32. The van der Waals surface area contributed by atoms with Crippen LogP contribution >= 0.6 is 0 Å². The monoisotopic (exact) mass is 340 g/mol. The smallest absolute Gasteiger partial charge is 0.255 e. The number of nitrogens with one attached hydrogen (secondary N) is 3. The van der Waals surface area contributed by atoms with Crippen molar-refractivity contribution in [3.8, 4) is 0 Å². The van der Waals surface area contributed by atoms with Gasteiger partial charge in [0.2, 0.25) is 11.8 Å². The van der Waals surface area contributed by atoms with E-state index in [0.717, 1.165) is 0 Å². The first-order valence-corrected chi connectivity index (χ1v) is 7.67. The lowest BCUT2D eigenvalue weighted by Crippen LogP contribution is -2.36. The summed E-state index contributed by atoms with van der Waals surface area (Å²) in [4.78, 5) is 36.2. The highest BCUT2D eigenvalue weighted by Gasteiger charge is 2.26. The third-order valence-corrected chi connectivity index (χ3v) is 3.73. The quantitative estimate of drug-likeness (QED) is 0.482. The first-order chi connectivity index (χ1) is 12.0. The van der Waals surface area contributed by atoms with Crippen LogP contribution in [0.15, 0.2) is 48.5 Å². The Morgan fingerprint density at radius 2 is 1.44 bits per heavy atom. The molecule has 7 nitrogen and oxygen atoms in total. The molecule has 0 radical (unpaired) electrons. The van der Waals surface area contributed by atoms with E-state index in [9.17, 15) is 14.4 Å². The molecule has 2 aromatic rings. The van der Waals surface area contributed by atoms with Gasteiger partial charge in [-0.25, -0.2) is 0 Å². The molecule has 0 atom stereocenters. The predicted octanol–water partition coefficient (Wildman–Crippen LogP) is 1.10. The zero-order valence-electron chi connectivity index (χ0n) is 14.0. The van der Waals surface area contributed by atoms with Crippen molar-refractivity contribution in [3.63, 3.8) is 0 Å². The average Bonchev–Trinajstić information content (AvgIpc) is 2.63. The first kappa shape index (κ1) is 18.0. The van der Waals surface area contributed by atoms with Crippen LogP contribution in [0.1, 0.15) is 21.8 Å². The number of benzene rings is 2. The summed E-state index contributed by atoms with van der Waals surface area (Å²) < 4.78 is 0. The van der Waals surface area contributed by atoms with Crippen LogP contribution in [0.2, 0.25) is 0 Å². The Morgan fingerprint density at radius 1 is 0.880 bits per heavy atom. The van der Waals surface area contributed by atoms with Crippen molar-refractivity contribution in [3.05, 3.63) is 59.7 Å². The van der Waals surface area contributed by atoms with E-state index in [-0.39, 0.29) is 5.91 Å². The van der Waals surface area contributed by atoms with E-state index < -0.39 is 17.7 Å². The molecule has 7 heteroatoms. The van der Waals surface area contributed by atoms with Gasteiger partial charge in [-0.15, -0.1) is 0 Å². The van der Waals surface area contributed by atoms with Crippen LogP contribution in [0.4, 0.5) is 11.4 Å². The third kappa shape index (κ3) is 4.14. The largest absolute Gasteiger partial charge is 0.397 e. The van der Waals surface area contributed by atoms with Gasteiger partial charge in [0.25, 0.3) is 5.91 Å². The standard InChI is InChI=1S/C18H20N4O3/c1-20-17(24)15(18(25)21-2)11-7-9-12(10-8-11)16(23)22-14-6-4-3-5-13(14)19/h3-10,15H,19H2,1-2H3,(H,20,24)(H,21,25)(H,22,23). The lowest BCUT2D eigenvalue weighted by Gasteiger charge is -2.15. The lowest BCUT2D eigenvalue weighted by atomic mass is 9.96. The molecule has 0 aliphatic heterocycles. The highest BCUT2D eigenvalue weighted by atomic mass is 16.2. The van der Waals surface area contributed by atoms with Crippen LogP contribution in [0.25, 0.3) is 0 Å². The molecule has 0 unspecified atom stereocenters. The number of carbonyl (C=O) groups excluding carboxylic acids is 3. The van der Waals surface area contributed by atoms with Gasteiger partial charge in [-0.2, -0.15) is 0 Å². The molecule has 25 heavy (non-hydrogen) atoms.